The van der Waals surface area contributed by atoms with E-state index in [4.69, 9.17) is 4.74 Å². The van der Waals surface area contributed by atoms with Gasteiger partial charge in [0.05, 0.1) is 0 Å². The molecule has 17 heavy (non-hydrogen) atoms. The molecular weight excluding hydrogens is 212 g/mol. The van der Waals surface area contributed by atoms with Gasteiger partial charge in [0.25, 0.3) is 0 Å². The highest BCUT2D eigenvalue weighted by molar-refractivity contribution is 6.00. The van der Waals surface area contributed by atoms with Crippen LogP contribution in [0.25, 0.3) is 0 Å². The highest BCUT2D eigenvalue weighted by Crippen LogP contribution is 2.16. The zero-order valence-corrected chi connectivity index (χ0v) is 11.2. The van der Waals surface area contributed by atoms with Crippen LogP contribution in [-0.4, -0.2) is 18.5 Å². The molecule has 0 bridgehead atoms. The fourth-order valence-corrected chi connectivity index (χ4v) is 2.02. The van der Waals surface area contributed by atoms with Gasteiger partial charge in [-0.1, -0.05) is 37.1 Å². The molecule has 0 aliphatic rings. The molecule has 0 fully saturated rings. The Morgan fingerprint density at radius 2 is 2.00 bits per heavy atom. The van der Waals surface area contributed by atoms with E-state index in [2.05, 4.69) is 6.92 Å². The molecule has 2 heteroatoms. The first-order valence-electron chi connectivity index (χ1n) is 6.33. The third-order valence-electron chi connectivity index (χ3n) is 2.86. The number of carbonyl (C=O) groups excluding carboxylic acids is 1. The Balaban J connectivity index is 2.92. The predicted octanol–water partition coefficient (Wildman–Crippen LogP) is 3.69. The number of rotatable bonds is 6. The van der Waals surface area contributed by atoms with Crippen molar-refractivity contribution in [3.63, 3.8) is 0 Å². The van der Waals surface area contributed by atoms with Gasteiger partial charge in [-0.15, -0.1) is 0 Å². The van der Waals surface area contributed by atoms with Gasteiger partial charge in [-0.05, 0) is 32.8 Å². The van der Waals surface area contributed by atoms with Gasteiger partial charge in [0.1, 0.15) is 6.10 Å². The summed E-state index contributed by atoms with van der Waals surface area (Å²) in [5, 5.41) is 0. The summed E-state index contributed by atoms with van der Waals surface area (Å²) in [5.74, 6) is 0.117. The number of carbonyl (C=O) groups is 1. The van der Waals surface area contributed by atoms with Crippen LogP contribution < -0.4 is 0 Å². The van der Waals surface area contributed by atoms with Crippen molar-refractivity contribution < 1.29 is 9.53 Å². The Hall–Kier alpha value is -1.15. The Morgan fingerprint density at radius 1 is 1.29 bits per heavy atom. The molecule has 0 radical (unpaired) electrons. The molecule has 0 aliphatic carbocycles. The molecule has 0 spiro atoms. The quantitative estimate of drug-likeness (QED) is 0.702. The minimum atomic E-state index is -0.286. The first-order valence-corrected chi connectivity index (χ1v) is 6.33. The second kappa shape index (κ2) is 6.55. The lowest BCUT2D eigenvalue weighted by molar-refractivity contribution is 0.0422. The largest absolute Gasteiger partial charge is 0.370 e. The average Bonchev–Trinajstić information content (AvgIpc) is 2.28. The third kappa shape index (κ3) is 3.67. The van der Waals surface area contributed by atoms with Crippen LogP contribution in [0.5, 0.6) is 0 Å². The summed E-state index contributed by atoms with van der Waals surface area (Å²) in [6.45, 7) is 8.60. The molecule has 0 saturated heterocycles. The lowest BCUT2D eigenvalue weighted by atomic mass is 9.97. The van der Waals surface area contributed by atoms with E-state index in [0.29, 0.717) is 6.61 Å². The van der Waals surface area contributed by atoms with Gasteiger partial charge in [-0.3, -0.25) is 4.79 Å². The van der Waals surface area contributed by atoms with E-state index in [1.54, 1.807) is 0 Å². The van der Waals surface area contributed by atoms with Crippen LogP contribution in [0.1, 0.15) is 48.2 Å². The van der Waals surface area contributed by atoms with Crippen molar-refractivity contribution >= 4 is 5.78 Å². The molecule has 1 aromatic rings. The summed E-state index contributed by atoms with van der Waals surface area (Å²) in [5.41, 5.74) is 3.01. The SMILES string of the molecule is CCCC(OCC)C(=O)c1ccc(C)cc1C. The summed E-state index contributed by atoms with van der Waals surface area (Å²) in [6, 6.07) is 5.94. The minimum absolute atomic E-state index is 0.117. The minimum Gasteiger partial charge on any atom is -0.370 e. The topological polar surface area (TPSA) is 26.3 Å². The van der Waals surface area contributed by atoms with Gasteiger partial charge < -0.3 is 4.74 Å². The lowest BCUT2D eigenvalue weighted by Crippen LogP contribution is -2.25. The maximum atomic E-state index is 12.3. The van der Waals surface area contributed by atoms with Crippen LogP contribution in [0.3, 0.4) is 0 Å². The van der Waals surface area contributed by atoms with Crippen molar-refractivity contribution in [2.24, 2.45) is 0 Å². The molecule has 1 rings (SSSR count). The van der Waals surface area contributed by atoms with E-state index < -0.39 is 0 Å². The van der Waals surface area contributed by atoms with Crippen molar-refractivity contribution in [3.05, 3.63) is 34.9 Å². The zero-order chi connectivity index (χ0) is 12.8. The number of benzene rings is 1. The molecule has 0 aliphatic heterocycles. The van der Waals surface area contributed by atoms with Crippen molar-refractivity contribution in [2.45, 2.75) is 46.6 Å². The maximum Gasteiger partial charge on any atom is 0.191 e. The number of ketones is 1. The van der Waals surface area contributed by atoms with Crippen LogP contribution >= 0.6 is 0 Å². The molecule has 1 atom stereocenters. The third-order valence-corrected chi connectivity index (χ3v) is 2.86. The Kier molecular flexibility index (Phi) is 5.36. The van der Waals surface area contributed by atoms with Crippen LogP contribution in [0.15, 0.2) is 18.2 Å². The van der Waals surface area contributed by atoms with Crippen molar-refractivity contribution in [2.75, 3.05) is 6.61 Å². The summed E-state index contributed by atoms with van der Waals surface area (Å²) < 4.78 is 5.53. The fourth-order valence-electron chi connectivity index (χ4n) is 2.02. The van der Waals surface area contributed by atoms with E-state index in [-0.39, 0.29) is 11.9 Å². The molecule has 0 N–H and O–H groups in total. The smallest absolute Gasteiger partial charge is 0.191 e. The van der Waals surface area contributed by atoms with Crippen molar-refractivity contribution in [1.82, 2.24) is 0 Å². The van der Waals surface area contributed by atoms with Gasteiger partial charge in [0, 0.05) is 12.2 Å². The van der Waals surface area contributed by atoms with E-state index in [1.165, 1.54) is 5.56 Å². The first-order chi connectivity index (χ1) is 8.10. The van der Waals surface area contributed by atoms with Gasteiger partial charge in [0.15, 0.2) is 5.78 Å². The van der Waals surface area contributed by atoms with Crippen LogP contribution in [0.2, 0.25) is 0 Å². The van der Waals surface area contributed by atoms with Gasteiger partial charge in [-0.25, -0.2) is 0 Å². The number of ether oxygens (including phenoxy) is 1. The number of hydrogen-bond acceptors (Lipinski definition) is 2. The van der Waals surface area contributed by atoms with Crippen LogP contribution in [0, 0.1) is 13.8 Å². The molecule has 0 amide bonds. The molecule has 0 aromatic heterocycles. The second-order valence-electron chi connectivity index (χ2n) is 4.42. The first kappa shape index (κ1) is 13.9. The molecule has 94 valence electrons. The molecule has 1 aromatic carbocycles. The van der Waals surface area contributed by atoms with Crippen LogP contribution in [0.4, 0.5) is 0 Å². The van der Waals surface area contributed by atoms with E-state index in [9.17, 15) is 4.79 Å². The fraction of sp³-hybridized carbons (Fsp3) is 0.533. The maximum absolute atomic E-state index is 12.3. The zero-order valence-electron chi connectivity index (χ0n) is 11.2. The normalized spacial score (nSPS) is 12.5. The molecule has 2 nitrogen and oxygen atoms in total. The van der Waals surface area contributed by atoms with Crippen LogP contribution in [-0.2, 0) is 4.74 Å². The highest BCUT2D eigenvalue weighted by atomic mass is 16.5. The average molecular weight is 234 g/mol. The van der Waals surface area contributed by atoms with Gasteiger partial charge >= 0.3 is 0 Å². The van der Waals surface area contributed by atoms with E-state index in [0.717, 1.165) is 24.0 Å². The number of hydrogen-bond donors (Lipinski definition) is 0. The standard InChI is InChI=1S/C15H22O2/c1-5-7-14(17-6-2)15(16)13-9-8-11(3)10-12(13)4/h8-10,14H,5-7H2,1-4H3. The summed E-state index contributed by atoms with van der Waals surface area (Å²) in [4.78, 5) is 12.3. The number of aryl methyl sites for hydroxylation is 2. The molecule has 0 saturated carbocycles. The van der Waals surface area contributed by atoms with E-state index >= 15 is 0 Å². The lowest BCUT2D eigenvalue weighted by Gasteiger charge is -2.16. The monoisotopic (exact) mass is 234 g/mol. The van der Waals surface area contributed by atoms with Crippen molar-refractivity contribution in [3.8, 4) is 0 Å². The summed E-state index contributed by atoms with van der Waals surface area (Å²) in [6.07, 6.45) is 1.47. The number of Topliss-reactive ketones (excluding diaryl/α,β-unsaturated/α-hetero) is 1. The highest BCUT2D eigenvalue weighted by Gasteiger charge is 2.20. The Morgan fingerprint density at radius 3 is 2.53 bits per heavy atom. The molecule has 0 heterocycles. The van der Waals surface area contributed by atoms with Gasteiger partial charge in [0.2, 0.25) is 0 Å². The molecular formula is C15H22O2. The summed E-state index contributed by atoms with van der Waals surface area (Å²) in [7, 11) is 0. The molecule has 1 unspecified atom stereocenters. The second-order valence-corrected chi connectivity index (χ2v) is 4.42. The van der Waals surface area contributed by atoms with E-state index in [1.807, 2.05) is 39.0 Å². The Bertz CT molecular complexity index is 377. The van der Waals surface area contributed by atoms with Crippen molar-refractivity contribution in [1.29, 1.82) is 0 Å². The van der Waals surface area contributed by atoms with Gasteiger partial charge in [-0.2, -0.15) is 0 Å². The summed E-state index contributed by atoms with van der Waals surface area (Å²) >= 11 is 0. The predicted molar refractivity (Wildman–Crippen MR) is 70.6 cm³/mol. The Labute approximate surface area is 104 Å².